The Bertz CT molecular complexity index is 322. The number of carbonyl (C=O) groups excluding carboxylic acids is 1. The van der Waals surface area contributed by atoms with Crippen LogP contribution in [-0.2, 0) is 4.79 Å². The molecule has 0 aromatic heterocycles. The molecule has 0 radical (unpaired) electrons. The molecule has 0 saturated heterocycles. The Labute approximate surface area is 95.9 Å². The summed E-state index contributed by atoms with van der Waals surface area (Å²) in [5, 5.41) is 9.80. The highest BCUT2D eigenvalue weighted by molar-refractivity contribution is 5.83. The number of urea groups is 1. The molecule has 0 bridgehead atoms. The van der Waals surface area contributed by atoms with Gasteiger partial charge in [-0.25, -0.2) is 9.59 Å². The van der Waals surface area contributed by atoms with Crippen molar-refractivity contribution in [1.82, 2.24) is 10.2 Å². The standard InChI is InChI=1S/C9H13F3N2O3/c1-3-14(4-2)8(17)13-6(5-7(15)16)9(10,11)12/h5H,3-4H2,1-2H3,(H,13,17)(H,15,16)/b6-5-. The van der Waals surface area contributed by atoms with Crippen molar-refractivity contribution in [3.8, 4) is 0 Å². The number of alkyl halides is 3. The fourth-order valence-corrected chi connectivity index (χ4v) is 1.02. The lowest BCUT2D eigenvalue weighted by Gasteiger charge is -2.21. The first-order chi connectivity index (χ1) is 7.72. The quantitative estimate of drug-likeness (QED) is 0.748. The Morgan fingerprint density at radius 3 is 2.06 bits per heavy atom. The van der Waals surface area contributed by atoms with Gasteiger partial charge in [0.15, 0.2) is 0 Å². The molecular formula is C9H13F3N2O3. The normalized spacial score (nSPS) is 12.2. The second kappa shape index (κ2) is 6.12. The van der Waals surface area contributed by atoms with Crippen LogP contribution in [0, 0.1) is 0 Å². The SMILES string of the molecule is CCN(CC)C(=O)N/C(=C\C(=O)O)C(F)(F)F. The maximum atomic E-state index is 12.3. The van der Waals surface area contributed by atoms with Gasteiger partial charge in [-0.3, -0.25) is 0 Å². The number of allylic oxidation sites excluding steroid dienone is 1. The van der Waals surface area contributed by atoms with Crippen molar-refractivity contribution in [1.29, 1.82) is 0 Å². The van der Waals surface area contributed by atoms with Gasteiger partial charge in [0.1, 0.15) is 5.70 Å². The average Bonchev–Trinajstić information content (AvgIpc) is 2.16. The Morgan fingerprint density at radius 2 is 1.76 bits per heavy atom. The van der Waals surface area contributed by atoms with Gasteiger partial charge in [0.25, 0.3) is 0 Å². The van der Waals surface area contributed by atoms with E-state index in [1.807, 2.05) is 0 Å². The number of carboxylic acids is 1. The van der Waals surface area contributed by atoms with Crippen molar-refractivity contribution >= 4 is 12.0 Å². The van der Waals surface area contributed by atoms with Crippen molar-refractivity contribution in [2.24, 2.45) is 0 Å². The third-order valence-corrected chi connectivity index (χ3v) is 1.87. The van der Waals surface area contributed by atoms with Crippen LogP contribution in [0.25, 0.3) is 0 Å². The lowest BCUT2D eigenvalue weighted by atomic mass is 10.3. The molecule has 0 aromatic rings. The summed E-state index contributed by atoms with van der Waals surface area (Å²) in [5.41, 5.74) is -1.60. The predicted octanol–water partition coefficient (Wildman–Crippen LogP) is 1.57. The van der Waals surface area contributed by atoms with E-state index in [4.69, 9.17) is 5.11 Å². The number of rotatable bonds is 4. The Hall–Kier alpha value is -1.73. The maximum absolute atomic E-state index is 12.3. The Balaban J connectivity index is 4.90. The second-order valence-corrected chi connectivity index (χ2v) is 3.00. The van der Waals surface area contributed by atoms with E-state index >= 15 is 0 Å². The number of aliphatic carboxylic acids is 1. The summed E-state index contributed by atoms with van der Waals surface area (Å²) in [5.74, 6) is -1.78. The summed E-state index contributed by atoms with van der Waals surface area (Å²) in [4.78, 5) is 22.6. The summed E-state index contributed by atoms with van der Waals surface area (Å²) < 4.78 is 37.0. The zero-order valence-electron chi connectivity index (χ0n) is 9.34. The second-order valence-electron chi connectivity index (χ2n) is 3.00. The smallest absolute Gasteiger partial charge is 0.431 e. The van der Waals surface area contributed by atoms with Gasteiger partial charge >= 0.3 is 18.2 Å². The van der Waals surface area contributed by atoms with E-state index in [2.05, 4.69) is 0 Å². The van der Waals surface area contributed by atoms with Gasteiger partial charge in [0.2, 0.25) is 0 Å². The van der Waals surface area contributed by atoms with Gasteiger partial charge in [0.05, 0.1) is 6.08 Å². The summed E-state index contributed by atoms with van der Waals surface area (Å²) in [7, 11) is 0. The van der Waals surface area contributed by atoms with Crippen LogP contribution in [0.3, 0.4) is 0 Å². The van der Waals surface area contributed by atoms with E-state index in [-0.39, 0.29) is 19.2 Å². The zero-order valence-corrected chi connectivity index (χ0v) is 9.34. The van der Waals surface area contributed by atoms with Crippen LogP contribution in [-0.4, -0.2) is 41.3 Å². The van der Waals surface area contributed by atoms with Crippen LogP contribution < -0.4 is 5.32 Å². The maximum Gasteiger partial charge on any atom is 0.431 e. The third-order valence-electron chi connectivity index (χ3n) is 1.87. The van der Waals surface area contributed by atoms with E-state index in [1.165, 1.54) is 5.32 Å². The van der Waals surface area contributed by atoms with Crippen molar-refractivity contribution in [3.05, 3.63) is 11.8 Å². The highest BCUT2D eigenvalue weighted by Gasteiger charge is 2.36. The Morgan fingerprint density at radius 1 is 1.29 bits per heavy atom. The fourth-order valence-electron chi connectivity index (χ4n) is 1.02. The molecule has 2 amide bonds. The molecule has 98 valence electrons. The number of hydrogen-bond acceptors (Lipinski definition) is 2. The van der Waals surface area contributed by atoms with Gasteiger partial charge < -0.3 is 15.3 Å². The van der Waals surface area contributed by atoms with E-state index in [0.717, 1.165) is 4.90 Å². The lowest BCUT2D eigenvalue weighted by Crippen LogP contribution is -2.42. The highest BCUT2D eigenvalue weighted by Crippen LogP contribution is 2.23. The molecule has 5 nitrogen and oxygen atoms in total. The lowest BCUT2D eigenvalue weighted by molar-refractivity contribution is -0.132. The minimum Gasteiger partial charge on any atom is -0.478 e. The van der Waals surface area contributed by atoms with E-state index in [1.54, 1.807) is 13.8 Å². The van der Waals surface area contributed by atoms with Crippen LogP contribution in [0.2, 0.25) is 0 Å². The highest BCUT2D eigenvalue weighted by atomic mass is 19.4. The molecule has 8 heteroatoms. The summed E-state index contributed by atoms with van der Waals surface area (Å²) in [6.07, 6.45) is -5.00. The average molecular weight is 254 g/mol. The molecule has 0 spiro atoms. The number of nitrogens with one attached hydrogen (secondary N) is 1. The molecular weight excluding hydrogens is 241 g/mol. The van der Waals surface area contributed by atoms with E-state index in [9.17, 15) is 22.8 Å². The van der Waals surface area contributed by atoms with E-state index in [0.29, 0.717) is 0 Å². The number of halogens is 3. The zero-order chi connectivity index (χ0) is 13.6. The van der Waals surface area contributed by atoms with Crippen LogP contribution in [0.5, 0.6) is 0 Å². The molecule has 2 N–H and O–H groups in total. The predicted molar refractivity (Wildman–Crippen MR) is 53.2 cm³/mol. The molecule has 0 aliphatic heterocycles. The number of nitrogens with zero attached hydrogens (tertiary/aromatic N) is 1. The minimum atomic E-state index is -4.92. The minimum absolute atomic E-state index is 0.0819. The van der Waals surface area contributed by atoms with Gasteiger partial charge in [-0.2, -0.15) is 13.2 Å². The first-order valence-electron chi connectivity index (χ1n) is 4.80. The summed E-state index contributed by atoms with van der Waals surface area (Å²) in [6.45, 7) is 3.63. The van der Waals surface area contributed by atoms with Gasteiger partial charge in [-0.05, 0) is 13.8 Å². The van der Waals surface area contributed by atoms with Gasteiger partial charge in [0, 0.05) is 13.1 Å². The van der Waals surface area contributed by atoms with Crippen LogP contribution in [0.1, 0.15) is 13.8 Å². The number of hydrogen-bond donors (Lipinski definition) is 2. The third kappa shape index (κ3) is 5.23. The number of carboxylic acid groups (broad SMARTS) is 1. The summed E-state index contributed by atoms with van der Waals surface area (Å²) in [6, 6.07) is -0.986. The van der Waals surface area contributed by atoms with Crippen LogP contribution in [0.15, 0.2) is 11.8 Å². The first-order valence-corrected chi connectivity index (χ1v) is 4.80. The topological polar surface area (TPSA) is 69.6 Å². The van der Waals surface area contributed by atoms with Gasteiger partial charge in [-0.15, -0.1) is 0 Å². The largest absolute Gasteiger partial charge is 0.478 e. The molecule has 0 aliphatic rings. The molecule has 0 unspecified atom stereocenters. The van der Waals surface area contributed by atoms with Crippen molar-refractivity contribution in [2.45, 2.75) is 20.0 Å². The molecule has 0 rings (SSSR count). The summed E-state index contributed by atoms with van der Waals surface area (Å²) >= 11 is 0. The molecule has 0 aromatic carbocycles. The number of carbonyl (C=O) groups is 2. The first kappa shape index (κ1) is 15.3. The van der Waals surface area contributed by atoms with Crippen molar-refractivity contribution in [3.63, 3.8) is 0 Å². The fraction of sp³-hybridized carbons (Fsp3) is 0.556. The molecule has 0 aliphatic carbocycles. The molecule has 0 atom stereocenters. The molecule has 17 heavy (non-hydrogen) atoms. The van der Waals surface area contributed by atoms with Gasteiger partial charge in [-0.1, -0.05) is 0 Å². The van der Waals surface area contributed by atoms with Crippen molar-refractivity contribution in [2.75, 3.05) is 13.1 Å². The van der Waals surface area contributed by atoms with Crippen molar-refractivity contribution < 1.29 is 27.9 Å². The van der Waals surface area contributed by atoms with Crippen LogP contribution >= 0.6 is 0 Å². The molecule has 0 fully saturated rings. The van der Waals surface area contributed by atoms with E-state index < -0.39 is 23.9 Å². The monoisotopic (exact) mass is 254 g/mol. The Kier molecular flexibility index (Phi) is 5.49. The van der Waals surface area contributed by atoms with Crippen LogP contribution in [0.4, 0.5) is 18.0 Å². The molecule has 0 heterocycles. The number of amides is 2. The molecule has 0 saturated carbocycles.